The largest absolute Gasteiger partial charge is 0.416 e. The van der Waals surface area contributed by atoms with Crippen LogP contribution >= 0.6 is 11.8 Å². The van der Waals surface area contributed by atoms with Crippen LogP contribution < -0.4 is 0 Å². The minimum absolute atomic E-state index is 0.0558. The number of hydrogen-bond acceptors (Lipinski definition) is 4. The van der Waals surface area contributed by atoms with Crippen molar-refractivity contribution in [3.63, 3.8) is 0 Å². The first-order chi connectivity index (χ1) is 10.9. The predicted molar refractivity (Wildman–Crippen MR) is 89.8 cm³/mol. The number of fused-ring (bicyclic) bond motifs is 1. The number of halogens is 3. The van der Waals surface area contributed by atoms with E-state index in [-0.39, 0.29) is 17.0 Å². The Morgan fingerprint density at radius 2 is 1.88 bits per heavy atom. The molecule has 0 saturated carbocycles. The summed E-state index contributed by atoms with van der Waals surface area (Å²) in [6.07, 6.45) is -3.68. The summed E-state index contributed by atoms with van der Waals surface area (Å²) in [5.41, 5.74) is -2.47. The summed E-state index contributed by atoms with van der Waals surface area (Å²) in [4.78, 5) is 0. The van der Waals surface area contributed by atoms with Crippen LogP contribution in [-0.2, 0) is 21.8 Å². The monoisotopic (exact) mass is 381 g/mol. The molecule has 0 bridgehead atoms. The van der Waals surface area contributed by atoms with E-state index in [0.29, 0.717) is 11.1 Å². The normalized spacial score (nSPS) is 15.6. The third-order valence-corrected chi connectivity index (χ3v) is 5.79. The van der Waals surface area contributed by atoms with Gasteiger partial charge in [-0.05, 0) is 30.9 Å². The molecule has 2 aromatic rings. The van der Waals surface area contributed by atoms with Crippen molar-refractivity contribution in [3.8, 4) is 0 Å². The standard InChI is InChI=1S/C15H18F3NO3S2/c1-4-23-9-14(2,20)13-7-10-5-6-11(15(16,17)18)8-12(10)19(13)24(3,21)22/h5-8,20H,4,9H2,1-3H3. The van der Waals surface area contributed by atoms with Crippen molar-refractivity contribution in [3.05, 3.63) is 35.5 Å². The van der Waals surface area contributed by atoms with Gasteiger partial charge in [-0.2, -0.15) is 24.9 Å². The fourth-order valence-corrected chi connectivity index (χ4v) is 4.33. The highest BCUT2D eigenvalue weighted by atomic mass is 32.2. The Labute approximate surface area is 142 Å². The van der Waals surface area contributed by atoms with Gasteiger partial charge in [-0.3, -0.25) is 0 Å². The predicted octanol–water partition coefficient (Wildman–Crippen LogP) is 3.43. The number of aliphatic hydroxyl groups is 1. The van der Waals surface area contributed by atoms with Crippen LogP contribution in [0.2, 0.25) is 0 Å². The number of aromatic nitrogens is 1. The van der Waals surface area contributed by atoms with Crippen LogP contribution in [0.4, 0.5) is 13.2 Å². The third kappa shape index (κ3) is 3.73. The van der Waals surface area contributed by atoms with Crippen molar-refractivity contribution >= 4 is 32.7 Å². The zero-order valence-electron chi connectivity index (χ0n) is 13.4. The van der Waals surface area contributed by atoms with E-state index in [1.165, 1.54) is 30.8 Å². The molecule has 2 rings (SSSR count). The Kier molecular flexibility index (Phi) is 5.00. The number of benzene rings is 1. The number of alkyl halides is 3. The molecule has 0 fully saturated rings. The zero-order valence-corrected chi connectivity index (χ0v) is 15.0. The summed E-state index contributed by atoms with van der Waals surface area (Å²) in [5, 5.41) is 11.0. The van der Waals surface area contributed by atoms with Gasteiger partial charge in [0.2, 0.25) is 10.0 Å². The van der Waals surface area contributed by atoms with Gasteiger partial charge in [-0.1, -0.05) is 13.0 Å². The summed E-state index contributed by atoms with van der Waals surface area (Å²) >= 11 is 1.41. The number of thioether (sulfide) groups is 1. The van der Waals surface area contributed by atoms with Gasteiger partial charge in [0.25, 0.3) is 0 Å². The quantitative estimate of drug-likeness (QED) is 0.862. The smallest absolute Gasteiger partial charge is 0.383 e. The first-order valence-electron chi connectivity index (χ1n) is 7.12. The van der Waals surface area contributed by atoms with Gasteiger partial charge in [0.15, 0.2) is 0 Å². The van der Waals surface area contributed by atoms with Gasteiger partial charge < -0.3 is 5.11 Å². The minimum atomic E-state index is -4.58. The molecule has 4 nitrogen and oxygen atoms in total. The summed E-state index contributed by atoms with van der Waals surface area (Å²) in [5.74, 6) is 0.939. The molecule has 1 aromatic carbocycles. The Morgan fingerprint density at radius 3 is 2.38 bits per heavy atom. The molecule has 0 aliphatic carbocycles. The molecule has 0 amide bonds. The molecular weight excluding hydrogens is 363 g/mol. The molecular formula is C15H18F3NO3S2. The van der Waals surface area contributed by atoms with Crippen LogP contribution in [0.3, 0.4) is 0 Å². The van der Waals surface area contributed by atoms with E-state index in [0.717, 1.165) is 22.4 Å². The number of hydrogen-bond donors (Lipinski definition) is 1. The molecule has 134 valence electrons. The first kappa shape index (κ1) is 19.1. The topological polar surface area (TPSA) is 59.3 Å². The molecule has 0 spiro atoms. The lowest BCUT2D eigenvalue weighted by Crippen LogP contribution is -2.30. The molecule has 1 atom stereocenters. The van der Waals surface area contributed by atoms with Gasteiger partial charge >= 0.3 is 6.18 Å². The SMILES string of the molecule is CCSCC(C)(O)c1cc2ccc(C(F)(F)F)cc2n1S(C)(=O)=O. The van der Waals surface area contributed by atoms with E-state index in [2.05, 4.69) is 0 Å². The maximum absolute atomic E-state index is 12.9. The zero-order chi connectivity index (χ0) is 18.3. The summed E-state index contributed by atoms with van der Waals surface area (Å²) in [6, 6.07) is 4.33. The minimum Gasteiger partial charge on any atom is -0.383 e. The summed E-state index contributed by atoms with van der Waals surface area (Å²) < 4.78 is 64.0. The lowest BCUT2D eigenvalue weighted by molar-refractivity contribution is -0.137. The highest BCUT2D eigenvalue weighted by Gasteiger charge is 2.34. The Balaban J connectivity index is 2.78. The number of nitrogens with zero attached hydrogens (tertiary/aromatic N) is 1. The molecule has 9 heteroatoms. The van der Waals surface area contributed by atoms with Crippen molar-refractivity contribution in [2.24, 2.45) is 0 Å². The fourth-order valence-electron chi connectivity index (χ4n) is 2.46. The molecule has 1 N–H and O–H groups in total. The maximum Gasteiger partial charge on any atom is 0.416 e. The third-order valence-electron chi connectivity index (χ3n) is 3.56. The van der Waals surface area contributed by atoms with E-state index in [1.807, 2.05) is 6.92 Å². The molecule has 0 aliphatic rings. The van der Waals surface area contributed by atoms with Crippen molar-refractivity contribution in [2.45, 2.75) is 25.6 Å². The molecule has 0 radical (unpaired) electrons. The van der Waals surface area contributed by atoms with Crippen molar-refractivity contribution < 1.29 is 26.7 Å². The molecule has 1 unspecified atom stereocenters. The molecule has 1 heterocycles. The Bertz CT molecular complexity index is 855. The summed E-state index contributed by atoms with van der Waals surface area (Å²) in [6.45, 7) is 3.35. The van der Waals surface area contributed by atoms with Crippen molar-refractivity contribution in [1.82, 2.24) is 3.97 Å². The average molecular weight is 381 g/mol. The fraction of sp³-hybridized carbons (Fsp3) is 0.467. The van der Waals surface area contributed by atoms with E-state index < -0.39 is 27.4 Å². The average Bonchev–Trinajstić information content (AvgIpc) is 2.83. The second kappa shape index (κ2) is 6.27. The molecule has 1 aromatic heterocycles. The summed E-state index contributed by atoms with van der Waals surface area (Å²) in [7, 11) is -3.91. The molecule has 0 saturated heterocycles. The van der Waals surface area contributed by atoms with Gasteiger partial charge in [-0.25, -0.2) is 12.4 Å². The van der Waals surface area contributed by atoms with Gasteiger partial charge in [0.1, 0.15) is 5.60 Å². The van der Waals surface area contributed by atoms with Crippen LogP contribution in [0.5, 0.6) is 0 Å². The van der Waals surface area contributed by atoms with Crippen LogP contribution in [0, 0.1) is 0 Å². The van der Waals surface area contributed by atoms with Gasteiger partial charge in [0, 0.05) is 11.1 Å². The van der Waals surface area contributed by atoms with E-state index >= 15 is 0 Å². The van der Waals surface area contributed by atoms with Gasteiger partial charge in [0.05, 0.1) is 23.0 Å². The van der Waals surface area contributed by atoms with E-state index in [1.54, 1.807) is 0 Å². The number of rotatable bonds is 5. The molecule has 0 aliphatic heterocycles. The van der Waals surface area contributed by atoms with Crippen LogP contribution in [-0.4, -0.2) is 35.3 Å². The highest BCUT2D eigenvalue weighted by molar-refractivity contribution is 7.99. The second-order valence-corrected chi connectivity index (χ2v) is 8.84. The van der Waals surface area contributed by atoms with E-state index in [4.69, 9.17) is 0 Å². The van der Waals surface area contributed by atoms with Gasteiger partial charge in [-0.15, -0.1) is 0 Å². The van der Waals surface area contributed by atoms with Crippen LogP contribution in [0.15, 0.2) is 24.3 Å². The Morgan fingerprint density at radius 1 is 1.25 bits per heavy atom. The highest BCUT2D eigenvalue weighted by Crippen LogP contribution is 2.36. The van der Waals surface area contributed by atoms with Crippen molar-refractivity contribution in [1.29, 1.82) is 0 Å². The first-order valence-corrected chi connectivity index (χ1v) is 10.1. The van der Waals surface area contributed by atoms with Crippen LogP contribution in [0.25, 0.3) is 10.9 Å². The lowest BCUT2D eigenvalue weighted by Gasteiger charge is -2.24. The molecule has 24 heavy (non-hydrogen) atoms. The van der Waals surface area contributed by atoms with E-state index in [9.17, 15) is 26.7 Å². The van der Waals surface area contributed by atoms with Crippen LogP contribution in [0.1, 0.15) is 25.1 Å². The second-order valence-electron chi connectivity index (χ2n) is 5.74. The maximum atomic E-state index is 12.9. The lowest BCUT2D eigenvalue weighted by atomic mass is 10.1. The van der Waals surface area contributed by atoms with Crippen molar-refractivity contribution in [2.75, 3.05) is 17.8 Å². The Hall–Kier alpha value is -1.19.